The van der Waals surface area contributed by atoms with Gasteiger partial charge in [0.05, 0.1) is 5.84 Å². The highest BCUT2D eigenvalue weighted by molar-refractivity contribution is 5.80. The molecule has 0 rings (SSSR count). The van der Waals surface area contributed by atoms with Crippen molar-refractivity contribution in [3.63, 3.8) is 0 Å². The summed E-state index contributed by atoms with van der Waals surface area (Å²) in [6.45, 7) is 8.75. The molecule has 0 spiro atoms. The van der Waals surface area contributed by atoms with Crippen molar-refractivity contribution in [3.05, 3.63) is 12.8 Å². The molecule has 64 valence electrons. The molecule has 0 saturated heterocycles. The lowest BCUT2D eigenvalue weighted by Gasteiger charge is -2.11. The van der Waals surface area contributed by atoms with Gasteiger partial charge in [-0.25, -0.2) is 0 Å². The summed E-state index contributed by atoms with van der Waals surface area (Å²) in [6, 6.07) is 0. The Labute approximate surface area is 69.6 Å². The van der Waals surface area contributed by atoms with Gasteiger partial charge >= 0.3 is 0 Å². The van der Waals surface area contributed by atoms with Gasteiger partial charge in [0, 0.05) is 13.6 Å². The quantitative estimate of drug-likeness (QED) is 0.344. The van der Waals surface area contributed by atoms with Gasteiger partial charge in [-0.15, -0.1) is 0 Å². The van der Waals surface area contributed by atoms with Gasteiger partial charge in [0.15, 0.2) is 0 Å². The molecule has 0 aromatic rings. The van der Waals surface area contributed by atoms with Crippen LogP contribution in [-0.2, 0) is 0 Å². The molecule has 0 atom stereocenters. The molecule has 0 aromatic heterocycles. The smallest absolute Gasteiger partial charge is 0.0994 e. The van der Waals surface area contributed by atoms with Crippen LogP contribution in [0.3, 0.4) is 0 Å². The lowest BCUT2D eigenvalue weighted by Crippen LogP contribution is -2.17. The van der Waals surface area contributed by atoms with E-state index in [1.807, 2.05) is 18.9 Å². The number of aliphatic imine (C=N–C) groups is 1. The van der Waals surface area contributed by atoms with Crippen molar-refractivity contribution in [1.82, 2.24) is 4.90 Å². The molecule has 0 unspecified atom stereocenters. The fraction of sp³-hybridized carbons (Fsp3) is 0.667. The van der Waals surface area contributed by atoms with Gasteiger partial charge in [-0.3, -0.25) is 4.99 Å². The summed E-state index contributed by atoms with van der Waals surface area (Å²) >= 11 is 0. The van der Waals surface area contributed by atoms with Crippen molar-refractivity contribution in [2.45, 2.75) is 26.7 Å². The summed E-state index contributed by atoms with van der Waals surface area (Å²) in [7, 11) is 1.96. The molecule has 0 aliphatic carbocycles. The highest BCUT2D eigenvalue weighted by Crippen LogP contribution is 1.91. The maximum Gasteiger partial charge on any atom is 0.0994 e. The SMILES string of the molecule is C=CN(C)/C(C)=N\CCCC. The highest BCUT2D eigenvalue weighted by Gasteiger charge is 1.92. The molecular formula is C9H18N2. The Bertz CT molecular complexity index is 138. The van der Waals surface area contributed by atoms with Crippen molar-refractivity contribution in [2.24, 2.45) is 4.99 Å². The summed E-state index contributed by atoms with van der Waals surface area (Å²) < 4.78 is 0. The van der Waals surface area contributed by atoms with Crippen LogP contribution in [0, 0.1) is 0 Å². The van der Waals surface area contributed by atoms with Gasteiger partial charge in [-0.05, 0) is 19.5 Å². The van der Waals surface area contributed by atoms with Crippen LogP contribution in [-0.4, -0.2) is 24.3 Å². The largest absolute Gasteiger partial charge is 0.341 e. The molecule has 2 heteroatoms. The van der Waals surface area contributed by atoms with Crippen LogP contribution in [0.25, 0.3) is 0 Å². The molecule has 0 saturated carbocycles. The van der Waals surface area contributed by atoms with Crippen LogP contribution in [0.4, 0.5) is 0 Å². The molecule has 0 aliphatic rings. The molecule has 2 nitrogen and oxygen atoms in total. The Balaban J connectivity index is 3.70. The van der Waals surface area contributed by atoms with E-state index in [9.17, 15) is 0 Å². The first kappa shape index (κ1) is 10.2. The lowest BCUT2D eigenvalue weighted by molar-refractivity contribution is 0.673. The predicted molar refractivity (Wildman–Crippen MR) is 50.8 cm³/mol. The van der Waals surface area contributed by atoms with E-state index >= 15 is 0 Å². The molecule has 0 aromatic carbocycles. The Hall–Kier alpha value is -0.790. The summed E-state index contributed by atoms with van der Waals surface area (Å²) in [4.78, 5) is 6.28. The average molecular weight is 154 g/mol. The Kier molecular flexibility index (Phi) is 5.53. The molecule has 0 N–H and O–H groups in total. The summed E-state index contributed by atoms with van der Waals surface area (Å²) in [5.74, 6) is 1.04. The molecular weight excluding hydrogens is 136 g/mol. The van der Waals surface area contributed by atoms with E-state index in [1.54, 1.807) is 6.20 Å². The molecule has 0 fully saturated rings. The Morgan fingerprint density at radius 2 is 2.27 bits per heavy atom. The van der Waals surface area contributed by atoms with Crippen LogP contribution in [0.15, 0.2) is 17.8 Å². The second kappa shape index (κ2) is 5.96. The van der Waals surface area contributed by atoms with Crippen molar-refractivity contribution in [2.75, 3.05) is 13.6 Å². The predicted octanol–water partition coefficient (Wildman–Crippen LogP) is 2.28. The van der Waals surface area contributed by atoms with Gasteiger partial charge in [-0.2, -0.15) is 0 Å². The summed E-state index contributed by atoms with van der Waals surface area (Å²) in [6.07, 6.45) is 4.14. The Morgan fingerprint density at radius 1 is 1.64 bits per heavy atom. The van der Waals surface area contributed by atoms with Crippen molar-refractivity contribution in [1.29, 1.82) is 0 Å². The zero-order valence-corrected chi connectivity index (χ0v) is 7.80. The van der Waals surface area contributed by atoms with Gasteiger partial charge < -0.3 is 4.90 Å². The first-order valence-corrected chi connectivity index (χ1v) is 4.08. The van der Waals surface area contributed by atoms with Crippen LogP contribution in [0.5, 0.6) is 0 Å². The van der Waals surface area contributed by atoms with Gasteiger partial charge in [0.25, 0.3) is 0 Å². The zero-order valence-electron chi connectivity index (χ0n) is 7.80. The van der Waals surface area contributed by atoms with E-state index in [0.717, 1.165) is 12.4 Å². The van der Waals surface area contributed by atoms with Gasteiger partial charge in [0.1, 0.15) is 0 Å². The number of amidine groups is 1. The highest BCUT2D eigenvalue weighted by atomic mass is 15.1. The number of hydrogen-bond donors (Lipinski definition) is 0. The van der Waals surface area contributed by atoms with Crippen molar-refractivity contribution < 1.29 is 0 Å². The number of nitrogens with zero attached hydrogens (tertiary/aromatic N) is 2. The number of unbranched alkanes of at least 4 members (excludes halogenated alkanes) is 1. The zero-order chi connectivity index (χ0) is 8.69. The van der Waals surface area contributed by atoms with E-state index in [-0.39, 0.29) is 0 Å². The number of rotatable bonds is 4. The topological polar surface area (TPSA) is 15.6 Å². The third-order valence-corrected chi connectivity index (χ3v) is 1.64. The van der Waals surface area contributed by atoms with Crippen LogP contribution in [0.1, 0.15) is 26.7 Å². The maximum absolute atomic E-state index is 4.36. The standard InChI is InChI=1S/C9H18N2/c1-5-7-8-10-9(3)11(4)6-2/h6H,2,5,7-8H2,1,3-4H3/b10-9-. The third-order valence-electron chi connectivity index (χ3n) is 1.64. The van der Waals surface area contributed by atoms with E-state index in [0.29, 0.717) is 0 Å². The monoisotopic (exact) mass is 154 g/mol. The van der Waals surface area contributed by atoms with Crippen LogP contribution < -0.4 is 0 Å². The fourth-order valence-electron chi connectivity index (χ4n) is 0.643. The minimum atomic E-state index is 0.931. The van der Waals surface area contributed by atoms with Crippen molar-refractivity contribution in [3.8, 4) is 0 Å². The first-order valence-electron chi connectivity index (χ1n) is 4.08. The Morgan fingerprint density at radius 3 is 2.73 bits per heavy atom. The van der Waals surface area contributed by atoms with Crippen LogP contribution in [0.2, 0.25) is 0 Å². The minimum absolute atomic E-state index is 0.931. The summed E-state index contributed by atoms with van der Waals surface area (Å²) in [5, 5.41) is 0. The second-order valence-corrected chi connectivity index (χ2v) is 2.58. The molecule has 0 amide bonds. The van der Waals surface area contributed by atoms with E-state index < -0.39 is 0 Å². The van der Waals surface area contributed by atoms with Gasteiger partial charge in [0.2, 0.25) is 0 Å². The maximum atomic E-state index is 4.36. The van der Waals surface area contributed by atoms with Crippen LogP contribution >= 0.6 is 0 Å². The fourth-order valence-corrected chi connectivity index (χ4v) is 0.643. The molecule has 0 heterocycles. The normalized spacial score (nSPS) is 11.4. The van der Waals surface area contributed by atoms with E-state index in [1.165, 1.54) is 12.8 Å². The first-order chi connectivity index (χ1) is 5.22. The minimum Gasteiger partial charge on any atom is -0.341 e. The molecule has 11 heavy (non-hydrogen) atoms. The molecule has 0 bridgehead atoms. The summed E-state index contributed by atoms with van der Waals surface area (Å²) in [5.41, 5.74) is 0. The van der Waals surface area contributed by atoms with E-state index in [4.69, 9.17) is 0 Å². The molecule has 0 radical (unpaired) electrons. The third kappa shape index (κ3) is 4.59. The lowest BCUT2D eigenvalue weighted by atomic mass is 10.3. The average Bonchev–Trinajstić information content (AvgIpc) is 2.03. The van der Waals surface area contributed by atoms with Gasteiger partial charge in [-0.1, -0.05) is 19.9 Å². The van der Waals surface area contributed by atoms with Crippen molar-refractivity contribution >= 4 is 5.84 Å². The van der Waals surface area contributed by atoms with E-state index in [2.05, 4.69) is 18.5 Å². The second-order valence-electron chi connectivity index (χ2n) is 2.58. The molecule has 0 aliphatic heterocycles. The number of hydrogen-bond acceptors (Lipinski definition) is 1.